The average Bonchev–Trinajstić information content (AvgIpc) is 2.98. The van der Waals surface area contributed by atoms with E-state index in [4.69, 9.17) is 19.2 Å². The second kappa shape index (κ2) is 15.8. The molecule has 7 heteroatoms. The fourth-order valence-corrected chi connectivity index (χ4v) is 4.23. The molecule has 0 radical (unpaired) electrons. The quantitative estimate of drug-likeness (QED) is 0.142. The van der Waals surface area contributed by atoms with Crippen molar-refractivity contribution in [3.8, 4) is 22.9 Å². The summed E-state index contributed by atoms with van der Waals surface area (Å²) in [6, 6.07) is 15.9. The van der Waals surface area contributed by atoms with Gasteiger partial charge in [0.05, 0.1) is 11.5 Å². The van der Waals surface area contributed by atoms with Crippen LogP contribution in [0.1, 0.15) is 95.1 Å². The van der Waals surface area contributed by atoms with Gasteiger partial charge in [0.15, 0.2) is 5.82 Å². The Morgan fingerprint density at radius 3 is 2.20 bits per heavy atom. The van der Waals surface area contributed by atoms with Crippen LogP contribution in [0.3, 0.4) is 0 Å². The van der Waals surface area contributed by atoms with Gasteiger partial charge in [-0.3, -0.25) is 4.79 Å². The van der Waals surface area contributed by atoms with Gasteiger partial charge >= 0.3 is 11.9 Å². The van der Waals surface area contributed by atoms with Crippen LogP contribution in [0, 0.1) is 5.92 Å². The second-order valence-corrected chi connectivity index (χ2v) is 10.2. The summed E-state index contributed by atoms with van der Waals surface area (Å²) < 4.78 is 16.7. The molecular weight excluding hydrogens is 504 g/mol. The minimum Gasteiger partial charge on any atom is -0.490 e. The molecule has 7 nitrogen and oxygen atoms in total. The van der Waals surface area contributed by atoms with Crippen LogP contribution in [0.2, 0.25) is 0 Å². The fraction of sp³-hybridized carbons (Fsp3) is 0.455. The summed E-state index contributed by atoms with van der Waals surface area (Å²) in [4.78, 5) is 33.9. The molecule has 0 N–H and O–H groups in total. The van der Waals surface area contributed by atoms with Gasteiger partial charge in [-0.15, -0.1) is 0 Å². The minimum atomic E-state index is -0.466. The van der Waals surface area contributed by atoms with E-state index >= 15 is 0 Å². The molecule has 40 heavy (non-hydrogen) atoms. The van der Waals surface area contributed by atoms with Gasteiger partial charge in [0, 0.05) is 23.4 Å². The van der Waals surface area contributed by atoms with E-state index < -0.39 is 5.97 Å². The maximum atomic E-state index is 12.7. The molecule has 1 unspecified atom stereocenters. The molecule has 214 valence electrons. The Balaban J connectivity index is 1.56. The average molecular weight is 547 g/mol. The smallest absolute Gasteiger partial charge is 0.343 e. The van der Waals surface area contributed by atoms with E-state index in [0.29, 0.717) is 28.8 Å². The Labute approximate surface area is 238 Å². The van der Waals surface area contributed by atoms with Crippen LogP contribution >= 0.6 is 0 Å². The lowest BCUT2D eigenvalue weighted by Gasteiger charge is -2.16. The summed E-state index contributed by atoms with van der Waals surface area (Å²) in [6.07, 6.45) is 7.92. The first-order valence-electron chi connectivity index (χ1n) is 14.4. The minimum absolute atomic E-state index is 0.137. The van der Waals surface area contributed by atoms with Crippen molar-refractivity contribution in [1.29, 1.82) is 0 Å². The van der Waals surface area contributed by atoms with E-state index in [1.54, 1.807) is 43.3 Å². The molecule has 0 aliphatic heterocycles. The van der Waals surface area contributed by atoms with Crippen molar-refractivity contribution in [2.45, 2.75) is 85.2 Å². The highest BCUT2D eigenvalue weighted by Gasteiger charge is 2.17. The molecule has 0 amide bonds. The Morgan fingerprint density at radius 1 is 0.850 bits per heavy atom. The van der Waals surface area contributed by atoms with Gasteiger partial charge in [-0.2, -0.15) is 0 Å². The third kappa shape index (κ3) is 9.18. The van der Waals surface area contributed by atoms with Crippen LogP contribution in [-0.4, -0.2) is 34.6 Å². The summed E-state index contributed by atoms with van der Waals surface area (Å²) in [6.45, 7) is 10.2. The molecule has 0 fully saturated rings. The van der Waals surface area contributed by atoms with Crippen LogP contribution in [-0.2, 0) is 9.53 Å². The highest BCUT2D eigenvalue weighted by atomic mass is 16.6. The highest BCUT2D eigenvalue weighted by Crippen LogP contribution is 2.27. The number of carbonyl (C=O) groups excluding carboxylic acids is 2. The van der Waals surface area contributed by atoms with Crippen LogP contribution in [0.25, 0.3) is 11.4 Å². The molecule has 0 aliphatic rings. The van der Waals surface area contributed by atoms with Gasteiger partial charge in [-0.1, -0.05) is 47.0 Å². The number of rotatable bonds is 15. The van der Waals surface area contributed by atoms with Gasteiger partial charge in [-0.05, 0) is 80.8 Å². The summed E-state index contributed by atoms with van der Waals surface area (Å²) in [5, 5.41) is 0. The molecule has 2 aromatic carbocycles. The first-order valence-corrected chi connectivity index (χ1v) is 14.4. The topological polar surface area (TPSA) is 87.6 Å². The third-order valence-corrected chi connectivity index (χ3v) is 6.87. The SMILES string of the molecule is CCCCC(CCC)c1ccnc(-c2ccc(OC(=O)c3ccc(OC[C@H](C)OC(=O)[C@@H](C)CC)cc3)cc2)n1. The van der Waals surface area contributed by atoms with Crippen molar-refractivity contribution in [3.05, 3.63) is 72.1 Å². The number of esters is 2. The lowest BCUT2D eigenvalue weighted by atomic mass is 9.93. The number of hydrogen-bond acceptors (Lipinski definition) is 7. The van der Waals surface area contributed by atoms with Gasteiger partial charge in [-0.25, -0.2) is 14.8 Å². The van der Waals surface area contributed by atoms with Crippen molar-refractivity contribution < 1.29 is 23.8 Å². The monoisotopic (exact) mass is 546 g/mol. The van der Waals surface area contributed by atoms with Gasteiger partial charge < -0.3 is 14.2 Å². The molecule has 0 saturated heterocycles. The van der Waals surface area contributed by atoms with Crippen LogP contribution in [0.15, 0.2) is 60.8 Å². The number of nitrogens with zero attached hydrogens (tertiary/aromatic N) is 2. The first-order chi connectivity index (χ1) is 19.3. The largest absolute Gasteiger partial charge is 0.490 e. The predicted octanol–water partition coefficient (Wildman–Crippen LogP) is 7.79. The summed E-state index contributed by atoms with van der Waals surface area (Å²) in [5.41, 5.74) is 2.36. The normalized spacial score (nSPS) is 13.2. The van der Waals surface area contributed by atoms with E-state index in [9.17, 15) is 9.59 Å². The van der Waals surface area contributed by atoms with Crippen molar-refractivity contribution in [2.75, 3.05) is 6.61 Å². The van der Waals surface area contributed by atoms with Crippen molar-refractivity contribution in [2.24, 2.45) is 5.92 Å². The summed E-state index contributed by atoms with van der Waals surface area (Å²) >= 11 is 0. The molecule has 0 aliphatic carbocycles. The van der Waals surface area contributed by atoms with E-state index in [0.717, 1.165) is 36.9 Å². The number of hydrogen-bond donors (Lipinski definition) is 0. The lowest BCUT2D eigenvalue weighted by Crippen LogP contribution is -2.25. The molecular formula is C33H42N2O5. The summed E-state index contributed by atoms with van der Waals surface area (Å²) in [5.74, 6) is 1.30. The van der Waals surface area contributed by atoms with E-state index in [-0.39, 0.29) is 24.6 Å². The summed E-state index contributed by atoms with van der Waals surface area (Å²) in [7, 11) is 0. The second-order valence-electron chi connectivity index (χ2n) is 10.2. The zero-order chi connectivity index (χ0) is 28.9. The van der Waals surface area contributed by atoms with Gasteiger partial charge in [0.2, 0.25) is 0 Å². The fourth-order valence-electron chi connectivity index (χ4n) is 4.23. The van der Waals surface area contributed by atoms with Crippen LogP contribution in [0.4, 0.5) is 0 Å². The Morgan fingerprint density at radius 2 is 1.55 bits per heavy atom. The Bertz CT molecular complexity index is 1210. The first kappa shape index (κ1) is 30.8. The Hall–Kier alpha value is -3.74. The maximum Gasteiger partial charge on any atom is 0.343 e. The number of ether oxygens (including phenoxy) is 3. The highest BCUT2D eigenvalue weighted by molar-refractivity contribution is 5.91. The van der Waals surface area contributed by atoms with Crippen molar-refractivity contribution in [3.63, 3.8) is 0 Å². The van der Waals surface area contributed by atoms with E-state index in [2.05, 4.69) is 18.8 Å². The van der Waals surface area contributed by atoms with Gasteiger partial charge in [0.1, 0.15) is 24.2 Å². The molecule has 3 atom stereocenters. The standard InChI is InChI=1S/C33H42N2O5/c1-6-9-11-25(10-7-2)30-20-21-34-31(35-30)26-12-18-29(19-13-26)40-33(37)27-14-16-28(17-15-27)38-22-24(5)39-32(36)23(4)8-3/h12-21,23-25H,6-11,22H2,1-5H3/t23-,24-,25?/m0/s1. The maximum absolute atomic E-state index is 12.7. The molecule has 0 spiro atoms. The van der Waals surface area contributed by atoms with Crippen molar-refractivity contribution in [1.82, 2.24) is 9.97 Å². The van der Waals surface area contributed by atoms with Crippen LogP contribution in [0.5, 0.6) is 11.5 Å². The lowest BCUT2D eigenvalue weighted by molar-refractivity contribution is -0.154. The zero-order valence-electron chi connectivity index (χ0n) is 24.4. The predicted molar refractivity (Wildman–Crippen MR) is 157 cm³/mol. The molecule has 1 heterocycles. The van der Waals surface area contributed by atoms with Gasteiger partial charge in [0.25, 0.3) is 0 Å². The van der Waals surface area contributed by atoms with Crippen molar-refractivity contribution >= 4 is 11.9 Å². The number of unbranched alkanes of at least 4 members (excludes halogenated alkanes) is 1. The molecule has 0 bridgehead atoms. The molecule has 0 saturated carbocycles. The number of carbonyl (C=O) groups is 2. The van der Waals surface area contributed by atoms with E-state index in [1.807, 2.05) is 38.2 Å². The molecule has 3 aromatic rings. The number of benzene rings is 2. The van der Waals surface area contributed by atoms with E-state index in [1.165, 1.54) is 12.8 Å². The zero-order valence-corrected chi connectivity index (χ0v) is 24.4. The molecule has 3 rings (SSSR count). The third-order valence-electron chi connectivity index (χ3n) is 6.87. The molecule has 1 aromatic heterocycles. The Kier molecular flexibility index (Phi) is 12.1. The van der Waals surface area contributed by atoms with Crippen LogP contribution < -0.4 is 9.47 Å². The number of aromatic nitrogens is 2.